The number of hydrogen-bond acceptors (Lipinski definition) is 1. The van der Waals surface area contributed by atoms with E-state index in [-0.39, 0.29) is 11.7 Å². The van der Waals surface area contributed by atoms with Gasteiger partial charge in [-0.1, -0.05) is 12.1 Å². The highest BCUT2D eigenvalue weighted by atomic mass is 19.1. The third-order valence-corrected chi connectivity index (χ3v) is 2.58. The van der Waals surface area contributed by atoms with E-state index in [0.717, 1.165) is 18.4 Å². The zero-order valence-corrected chi connectivity index (χ0v) is 7.29. The molecular weight excluding hydrogens is 167 g/mol. The normalized spacial score (nSPS) is 22.2. The minimum Gasteiger partial charge on any atom is -0.299 e. The second-order valence-corrected chi connectivity index (χ2v) is 3.46. The van der Waals surface area contributed by atoms with Crippen LogP contribution in [0.25, 0.3) is 0 Å². The minimum atomic E-state index is -0.241. The maximum absolute atomic E-state index is 12.6. The average Bonchev–Trinajstić information content (AvgIpc) is 2.53. The molecule has 0 heterocycles. The van der Waals surface area contributed by atoms with Crippen molar-refractivity contribution in [3.63, 3.8) is 0 Å². The van der Waals surface area contributed by atoms with Crippen molar-refractivity contribution >= 4 is 5.78 Å². The van der Waals surface area contributed by atoms with Gasteiger partial charge in [-0.15, -0.1) is 0 Å². The van der Waals surface area contributed by atoms with Crippen LogP contribution in [0.4, 0.5) is 4.39 Å². The molecule has 1 saturated carbocycles. The lowest BCUT2D eigenvalue weighted by Crippen LogP contribution is -2.03. The van der Waals surface area contributed by atoms with E-state index in [1.54, 1.807) is 12.1 Å². The molecule has 68 valence electrons. The molecule has 1 aliphatic rings. The molecule has 0 radical (unpaired) electrons. The van der Waals surface area contributed by atoms with Gasteiger partial charge in [-0.3, -0.25) is 4.79 Å². The van der Waals surface area contributed by atoms with Crippen LogP contribution in [-0.2, 0) is 4.79 Å². The summed E-state index contributed by atoms with van der Waals surface area (Å²) in [6.45, 7) is 0. The topological polar surface area (TPSA) is 17.1 Å². The van der Waals surface area contributed by atoms with Crippen molar-refractivity contribution in [3.05, 3.63) is 35.6 Å². The van der Waals surface area contributed by atoms with Gasteiger partial charge in [0.15, 0.2) is 0 Å². The van der Waals surface area contributed by atoms with Crippen LogP contribution < -0.4 is 0 Å². The van der Waals surface area contributed by atoms with Crippen molar-refractivity contribution in [3.8, 4) is 0 Å². The summed E-state index contributed by atoms with van der Waals surface area (Å²) in [6.07, 6.45) is 2.58. The van der Waals surface area contributed by atoms with Gasteiger partial charge in [0.1, 0.15) is 11.6 Å². The predicted octanol–water partition coefficient (Wildman–Crippen LogP) is 2.66. The Morgan fingerprint density at radius 2 is 1.92 bits per heavy atom. The van der Waals surface area contributed by atoms with E-state index in [9.17, 15) is 9.18 Å². The van der Waals surface area contributed by atoms with Crippen LogP contribution in [0.15, 0.2) is 24.3 Å². The first-order valence-electron chi connectivity index (χ1n) is 4.55. The first-order chi connectivity index (χ1) is 6.27. The molecule has 1 aromatic rings. The van der Waals surface area contributed by atoms with E-state index in [1.807, 2.05) is 0 Å². The SMILES string of the molecule is O=C1CCCC1c1ccc(F)cc1. The Bertz CT molecular complexity index is 315. The molecule has 1 aliphatic carbocycles. The minimum absolute atomic E-state index is 0.0283. The van der Waals surface area contributed by atoms with Crippen molar-refractivity contribution in [2.45, 2.75) is 25.2 Å². The first-order valence-corrected chi connectivity index (χ1v) is 4.55. The molecule has 0 aromatic heterocycles. The average molecular weight is 178 g/mol. The third kappa shape index (κ3) is 1.62. The van der Waals surface area contributed by atoms with Gasteiger partial charge in [0, 0.05) is 12.3 Å². The van der Waals surface area contributed by atoms with Crippen LogP contribution in [0.3, 0.4) is 0 Å². The molecule has 0 amide bonds. The summed E-state index contributed by atoms with van der Waals surface area (Å²) in [5.74, 6) is 0.0846. The zero-order valence-electron chi connectivity index (χ0n) is 7.29. The highest BCUT2D eigenvalue weighted by molar-refractivity contribution is 5.87. The van der Waals surface area contributed by atoms with Gasteiger partial charge < -0.3 is 0 Å². The number of hydrogen-bond donors (Lipinski definition) is 0. The highest BCUT2D eigenvalue weighted by Crippen LogP contribution is 2.30. The van der Waals surface area contributed by atoms with Crippen LogP contribution >= 0.6 is 0 Å². The third-order valence-electron chi connectivity index (χ3n) is 2.58. The molecule has 2 heteroatoms. The standard InChI is InChI=1S/C11H11FO/c12-9-6-4-8(5-7-9)10-2-1-3-11(10)13/h4-7,10H,1-3H2. The Kier molecular flexibility index (Phi) is 2.13. The summed E-state index contributed by atoms with van der Waals surface area (Å²) in [4.78, 5) is 11.4. The summed E-state index contributed by atoms with van der Waals surface area (Å²) < 4.78 is 12.6. The molecule has 0 bridgehead atoms. The number of rotatable bonds is 1. The van der Waals surface area contributed by atoms with Crippen LogP contribution in [0, 0.1) is 5.82 Å². The fourth-order valence-corrected chi connectivity index (χ4v) is 1.86. The van der Waals surface area contributed by atoms with Gasteiger partial charge in [0.25, 0.3) is 0 Å². The van der Waals surface area contributed by atoms with E-state index >= 15 is 0 Å². The lowest BCUT2D eigenvalue weighted by molar-refractivity contribution is -0.118. The fourth-order valence-electron chi connectivity index (χ4n) is 1.86. The molecule has 1 fully saturated rings. The van der Waals surface area contributed by atoms with Gasteiger partial charge in [-0.05, 0) is 30.5 Å². The molecule has 1 unspecified atom stereocenters. The van der Waals surface area contributed by atoms with Gasteiger partial charge in [0.05, 0.1) is 0 Å². The van der Waals surface area contributed by atoms with E-state index in [2.05, 4.69) is 0 Å². The molecule has 0 spiro atoms. The van der Waals surface area contributed by atoms with Crippen molar-refractivity contribution in [2.75, 3.05) is 0 Å². The van der Waals surface area contributed by atoms with Gasteiger partial charge >= 0.3 is 0 Å². The fraction of sp³-hybridized carbons (Fsp3) is 0.364. The zero-order chi connectivity index (χ0) is 9.26. The van der Waals surface area contributed by atoms with E-state index in [4.69, 9.17) is 0 Å². The van der Waals surface area contributed by atoms with Crippen LogP contribution in [0.1, 0.15) is 30.7 Å². The van der Waals surface area contributed by atoms with Crippen LogP contribution in [0.5, 0.6) is 0 Å². The lowest BCUT2D eigenvalue weighted by atomic mass is 9.97. The summed E-state index contributed by atoms with van der Waals surface area (Å²) >= 11 is 0. The van der Waals surface area contributed by atoms with E-state index in [0.29, 0.717) is 12.2 Å². The van der Waals surface area contributed by atoms with Crippen molar-refractivity contribution in [1.29, 1.82) is 0 Å². The Hall–Kier alpha value is -1.18. The molecule has 13 heavy (non-hydrogen) atoms. The molecule has 1 aromatic carbocycles. The molecule has 0 saturated heterocycles. The van der Waals surface area contributed by atoms with E-state index < -0.39 is 0 Å². The largest absolute Gasteiger partial charge is 0.299 e. The Morgan fingerprint density at radius 1 is 1.23 bits per heavy atom. The molecular formula is C11H11FO. The first kappa shape index (κ1) is 8.42. The molecule has 0 N–H and O–H groups in total. The number of Topliss-reactive ketones (excluding diaryl/α,β-unsaturated/α-hetero) is 1. The van der Waals surface area contributed by atoms with Crippen molar-refractivity contribution < 1.29 is 9.18 Å². The molecule has 2 rings (SSSR count). The maximum atomic E-state index is 12.6. The van der Waals surface area contributed by atoms with Gasteiger partial charge in [-0.25, -0.2) is 4.39 Å². The molecule has 0 aliphatic heterocycles. The van der Waals surface area contributed by atoms with Gasteiger partial charge in [0.2, 0.25) is 0 Å². The number of benzene rings is 1. The lowest BCUT2D eigenvalue weighted by Gasteiger charge is -2.06. The molecule has 1 atom stereocenters. The number of carbonyl (C=O) groups excluding carboxylic acids is 1. The number of ketones is 1. The Labute approximate surface area is 76.6 Å². The van der Waals surface area contributed by atoms with Crippen molar-refractivity contribution in [2.24, 2.45) is 0 Å². The van der Waals surface area contributed by atoms with Crippen molar-refractivity contribution in [1.82, 2.24) is 0 Å². The second-order valence-electron chi connectivity index (χ2n) is 3.46. The summed E-state index contributed by atoms with van der Waals surface area (Å²) in [7, 11) is 0. The second kappa shape index (κ2) is 3.29. The number of carbonyl (C=O) groups is 1. The Balaban J connectivity index is 2.25. The summed E-state index contributed by atoms with van der Waals surface area (Å²) in [6, 6.07) is 6.26. The maximum Gasteiger partial charge on any atom is 0.140 e. The van der Waals surface area contributed by atoms with Gasteiger partial charge in [-0.2, -0.15) is 0 Å². The van der Waals surface area contributed by atoms with Crippen LogP contribution in [0.2, 0.25) is 0 Å². The Morgan fingerprint density at radius 3 is 2.46 bits per heavy atom. The summed E-state index contributed by atoms with van der Waals surface area (Å²) in [5.41, 5.74) is 0.962. The summed E-state index contributed by atoms with van der Waals surface area (Å²) in [5, 5.41) is 0. The quantitative estimate of drug-likeness (QED) is 0.646. The number of halogens is 1. The smallest absolute Gasteiger partial charge is 0.140 e. The monoisotopic (exact) mass is 178 g/mol. The predicted molar refractivity (Wildman–Crippen MR) is 48.0 cm³/mol. The van der Waals surface area contributed by atoms with Crippen LogP contribution in [-0.4, -0.2) is 5.78 Å². The highest BCUT2D eigenvalue weighted by Gasteiger charge is 2.25. The van der Waals surface area contributed by atoms with E-state index in [1.165, 1.54) is 12.1 Å². The molecule has 1 nitrogen and oxygen atoms in total.